The van der Waals surface area contributed by atoms with Crippen LogP contribution in [-0.4, -0.2) is 17.2 Å². The maximum Gasteiger partial charge on any atom is 0.271 e. The Morgan fingerprint density at radius 1 is 1.10 bits per heavy atom. The van der Waals surface area contributed by atoms with E-state index in [4.69, 9.17) is 4.74 Å². The molecule has 3 rings (SSSR count). The third kappa shape index (κ3) is 5.73. The Morgan fingerprint density at radius 3 is 2.62 bits per heavy atom. The molecule has 2 N–H and O–H groups in total. The molecule has 0 spiro atoms. The van der Waals surface area contributed by atoms with Crippen LogP contribution >= 0.6 is 15.9 Å². The van der Waals surface area contributed by atoms with Gasteiger partial charge in [-0.1, -0.05) is 28.1 Å². The van der Waals surface area contributed by atoms with Gasteiger partial charge in [0.15, 0.2) is 0 Å². The first-order valence-corrected chi connectivity index (χ1v) is 9.31. The van der Waals surface area contributed by atoms with Crippen molar-refractivity contribution in [3.05, 3.63) is 92.8 Å². The molecular formula is C21H16BrN3O4. The highest BCUT2D eigenvalue weighted by Crippen LogP contribution is 2.21. The van der Waals surface area contributed by atoms with Gasteiger partial charge in [-0.25, -0.2) is 5.43 Å². The first-order chi connectivity index (χ1) is 14.0. The smallest absolute Gasteiger partial charge is 0.271 e. The minimum atomic E-state index is -0.427. The molecule has 0 saturated carbocycles. The SMILES string of the molecule is O=Nc1ccc(O)c(C=NNC(=O)c2ccc(OCc3cccc(Br)c3)cc2)c1. The van der Waals surface area contributed by atoms with Gasteiger partial charge in [0.1, 0.15) is 23.8 Å². The Balaban J connectivity index is 1.57. The summed E-state index contributed by atoms with van der Waals surface area (Å²) in [5, 5.41) is 16.3. The molecule has 0 unspecified atom stereocenters. The number of carbonyl (C=O) groups is 1. The van der Waals surface area contributed by atoms with E-state index in [1.807, 2.05) is 24.3 Å². The summed E-state index contributed by atoms with van der Waals surface area (Å²) < 4.78 is 6.69. The summed E-state index contributed by atoms with van der Waals surface area (Å²) in [4.78, 5) is 22.7. The van der Waals surface area contributed by atoms with Crippen molar-refractivity contribution in [3.63, 3.8) is 0 Å². The van der Waals surface area contributed by atoms with Gasteiger partial charge in [0.2, 0.25) is 0 Å². The predicted molar refractivity (Wildman–Crippen MR) is 114 cm³/mol. The number of nitrogens with zero attached hydrogens (tertiary/aromatic N) is 2. The monoisotopic (exact) mass is 453 g/mol. The molecule has 0 fully saturated rings. The fourth-order valence-electron chi connectivity index (χ4n) is 2.42. The minimum absolute atomic E-state index is 0.0812. The average molecular weight is 454 g/mol. The Bertz CT molecular complexity index is 1050. The van der Waals surface area contributed by atoms with E-state index in [9.17, 15) is 14.8 Å². The van der Waals surface area contributed by atoms with Gasteiger partial charge in [-0.05, 0) is 65.3 Å². The number of nitroso groups, excluding NO2 is 1. The molecule has 0 saturated heterocycles. The Morgan fingerprint density at radius 2 is 1.90 bits per heavy atom. The molecule has 0 bridgehead atoms. The number of rotatable bonds is 7. The third-order valence-corrected chi connectivity index (χ3v) is 4.39. The first-order valence-electron chi connectivity index (χ1n) is 8.52. The van der Waals surface area contributed by atoms with Crippen molar-refractivity contribution >= 4 is 33.7 Å². The van der Waals surface area contributed by atoms with Crippen LogP contribution in [0.15, 0.2) is 81.5 Å². The number of nitrogens with one attached hydrogen (secondary N) is 1. The molecule has 0 aliphatic rings. The van der Waals surface area contributed by atoms with Crippen molar-refractivity contribution in [1.82, 2.24) is 5.43 Å². The van der Waals surface area contributed by atoms with Crippen LogP contribution in [0.1, 0.15) is 21.5 Å². The molecule has 29 heavy (non-hydrogen) atoms. The molecular weight excluding hydrogens is 438 g/mol. The lowest BCUT2D eigenvalue weighted by Crippen LogP contribution is -2.17. The molecule has 0 radical (unpaired) electrons. The number of hydrogen-bond acceptors (Lipinski definition) is 6. The van der Waals surface area contributed by atoms with E-state index in [1.54, 1.807) is 24.3 Å². The van der Waals surface area contributed by atoms with Crippen molar-refractivity contribution in [3.8, 4) is 11.5 Å². The van der Waals surface area contributed by atoms with Crippen molar-refractivity contribution in [2.45, 2.75) is 6.61 Å². The van der Waals surface area contributed by atoms with Crippen LogP contribution < -0.4 is 10.2 Å². The molecule has 0 heterocycles. The van der Waals surface area contributed by atoms with Crippen LogP contribution in [-0.2, 0) is 6.61 Å². The summed E-state index contributed by atoms with van der Waals surface area (Å²) in [6.45, 7) is 0.410. The highest BCUT2D eigenvalue weighted by atomic mass is 79.9. The lowest BCUT2D eigenvalue weighted by molar-refractivity contribution is 0.0955. The molecule has 3 aromatic rings. The average Bonchev–Trinajstić information content (AvgIpc) is 2.74. The number of carbonyl (C=O) groups excluding carboxylic acids is 1. The number of hydrazone groups is 1. The molecule has 8 heteroatoms. The van der Waals surface area contributed by atoms with Crippen LogP contribution in [0, 0.1) is 4.91 Å². The quantitative estimate of drug-likeness (QED) is 0.302. The number of phenols is 1. The molecule has 0 aliphatic heterocycles. The van der Waals surface area contributed by atoms with Crippen LogP contribution in [0.4, 0.5) is 5.69 Å². The van der Waals surface area contributed by atoms with Gasteiger partial charge < -0.3 is 9.84 Å². The third-order valence-electron chi connectivity index (χ3n) is 3.90. The zero-order valence-corrected chi connectivity index (χ0v) is 16.7. The van der Waals surface area contributed by atoms with Gasteiger partial charge in [0, 0.05) is 15.6 Å². The first kappa shape index (κ1) is 20.2. The maximum atomic E-state index is 12.2. The molecule has 3 aromatic carbocycles. The standard InChI is InChI=1S/C21H16BrN3O4/c22-17-3-1-2-14(10-17)13-29-19-7-4-15(5-8-19)21(27)24-23-12-16-11-18(25-28)6-9-20(16)26/h1-12,26H,13H2,(H,24,27). The largest absolute Gasteiger partial charge is 0.507 e. The number of benzene rings is 3. The van der Waals surface area contributed by atoms with E-state index in [0.29, 0.717) is 17.9 Å². The molecule has 0 aromatic heterocycles. The molecule has 0 aliphatic carbocycles. The maximum absolute atomic E-state index is 12.2. The Labute approximate surface area is 175 Å². The summed E-state index contributed by atoms with van der Waals surface area (Å²) in [6, 6.07) is 18.5. The number of ether oxygens (including phenoxy) is 1. The van der Waals surface area contributed by atoms with Crippen molar-refractivity contribution < 1.29 is 14.6 Å². The molecule has 146 valence electrons. The summed E-state index contributed by atoms with van der Waals surface area (Å²) in [7, 11) is 0. The number of hydrogen-bond donors (Lipinski definition) is 2. The van der Waals surface area contributed by atoms with E-state index in [-0.39, 0.29) is 17.0 Å². The van der Waals surface area contributed by atoms with Crippen molar-refractivity contribution in [2.24, 2.45) is 10.3 Å². The lowest BCUT2D eigenvalue weighted by atomic mass is 10.2. The normalized spacial score (nSPS) is 10.7. The summed E-state index contributed by atoms with van der Waals surface area (Å²) >= 11 is 3.42. The summed E-state index contributed by atoms with van der Waals surface area (Å²) in [5.41, 5.74) is 4.18. The van der Waals surface area contributed by atoms with E-state index in [1.165, 1.54) is 24.4 Å². The minimum Gasteiger partial charge on any atom is -0.507 e. The molecule has 7 nitrogen and oxygen atoms in total. The van der Waals surface area contributed by atoms with Crippen molar-refractivity contribution in [2.75, 3.05) is 0 Å². The second-order valence-corrected chi connectivity index (χ2v) is 6.89. The number of halogens is 1. The van der Waals surface area contributed by atoms with E-state index in [2.05, 4.69) is 31.6 Å². The van der Waals surface area contributed by atoms with E-state index < -0.39 is 5.91 Å². The zero-order valence-electron chi connectivity index (χ0n) is 15.1. The van der Waals surface area contributed by atoms with Crippen LogP contribution in [0.3, 0.4) is 0 Å². The van der Waals surface area contributed by atoms with Gasteiger partial charge in [0.25, 0.3) is 5.91 Å². The van der Waals surface area contributed by atoms with Crippen LogP contribution in [0.5, 0.6) is 11.5 Å². The van der Waals surface area contributed by atoms with E-state index in [0.717, 1.165) is 10.0 Å². The summed E-state index contributed by atoms with van der Waals surface area (Å²) in [5.74, 6) is 0.124. The number of aromatic hydroxyl groups is 1. The van der Waals surface area contributed by atoms with Crippen LogP contribution in [0.2, 0.25) is 0 Å². The highest BCUT2D eigenvalue weighted by molar-refractivity contribution is 9.10. The van der Waals surface area contributed by atoms with Gasteiger partial charge in [-0.2, -0.15) is 5.10 Å². The lowest BCUT2D eigenvalue weighted by Gasteiger charge is -2.07. The second-order valence-electron chi connectivity index (χ2n) is 5.98. The molecule has 0 atom stereocenters. The van der Waals surface area contributed by atoms with Gasteiger partial charge >= 0.3 is 0 Å². The van der Waals surface area contributed by atoms with Crippen molar-refractivity contribution in [1.29, 1.82) is 0 Å². The predicted octanol–water partition coefficient (Wildman–Crippen LogP) is 4.90. The molecule has 1 amide bonds. The van der Waals surface area contributed by atoms with Gasteiger partial charge in [0.05, 0.1) is 6.21 Å². The Kier molecular flexibility index (Phi) is 6.70. The summed E-state index contributed by atoms with van der Waals surface area (Å²) in [6.07, 6.45) is 1.23. The van der Waals surface area contributed by atoms with Gasteiger partial charge in [-0.3, -0.25) is 4.79 Å². The fraction of sp³-hybridized carbons (Fsp3) is 0.0476. The second kappa shape index (κ2) is 9.61. The number of phenolic OH excluding ortho intramolecular Hbond substituents is 1. The fourth-order valence-corrected chi connectivity index (χ4v) is 2.87. The van der Waals surface area contributed by atoms with Crippen LogP contribution in [0.25, 0.3) is 0 Å². The Hall–Kier alpha value is -3.52. The topological polar surface area (TPSA) is 100 Å². The zero-order chi connectivity index (χ0) is 20.6. The highest BCUT2D eigenvalue weighted by Gasteiger charge is 2.06. The number of amides is 1. The van der Waals surface area contributed by atoms with E-state index >= 15 is 0 Å². The van der Waals surface area contributed by atoms with Gasteiger partial charge in [-0.15, -0.1) is 4.91 Å².